The number of likely N-dealkylation sites (tertiary alicyclic amines) is 3. The molecular formula is C80H134N24O29. The summed E-state index contributed by atoms with van der Waals surface area (Å²) in [5, 5.41) is 98.1. The number of amides is 22. The molecule has 0 saturated carbocycles. The number of carboxylic acid groups (broad SMARTS) is 1. The van der Waals surface area contributed by atoms with Crippen LogP contribution in [0.3, 0.4) is 0 Å². The van der Waals surface area contributed by atoms with Gasteiger partial charge in [0.15, 0.2) is 6.04 Å². The monoisotopic (exact) mass is 1890 g/mol. The quantitative estimate of drug-likeness (QED) is 0.0251. The summed E-state index contributed by atoms with van der Waals surface area (Å²) in [6.45, 7) is 12.9. The van der Waals surface area contributed by atoms with E-state index in [2.05, 4.69) is 85.1 Å². The smallest absolute Gasteiger partial charge is 0.328 e. The van der Waals surface area contributed by atoms with Crippen LogP contribution >= 0.6 is 0 Å². The topological polar surface area (TPSA) is 846 Å². The third kappa shape index (κ3) is 36.9. The molecular weight excluding hydrogens is 1760 g/mol. The van der Waals surface area contributed by atoms with Crippen molar-refractivity contribution < 1.29 is 141 Å². The van der Waals surface area contributed by atoms with Crippen molar-refractivity contribution in [2.75, 3.05) is 45.9 Å². The molecule has 22 amide bonds. The fourth-order valence-corrected chi connectivity index (χ4v) is 14.2. The van der Waals surface area contributed by atoms with Crippen LogP contribution in [0.5, 0.6) is 0 Å². The Morgan fingerprint density at radius 3 is 1.24 bits per heavy atom. The molecule has 3 saturated heterocycles. The van der Waals surface area contributed by atoms with E-state index in [9.17, 15) is 141 Å². The average molecular weight is 1900 g/mol. The maximum Gasteiger partial charge on any atom is 0.328 e. The minimum Gasteiger partial charge on any atom is -0.480 e. The van der Waals surface area contributed by atoms with Crippen molar-refractivity contribution in [2.24, 2.45) is 40.5 Å². The molecule has 53 heteroatoms. The number of nitrogens with two attached hydrogens (primary N) is 5. The van der Waals surface area contributed by atoms with E-state index in [1.807, 2.05) is 0 Å². The predicted octanol–water partition coefficient (Wildman–Crippen LogP) is -14.2. The van der Waals surface area contributed by atoms with Gasteiger partial charge in [-0.3, -0.25) is 105 Å². The molecule has 0 bridgehead atoms. The van der Waals surface area contributed by atoms with Gasteiger partial charge in [-0.15, -0.1) is 0 Å². The Kier molecular flexibility index (Phi) is 47.5. The van der Waals surface area contributed by atoms with Gasteiger partial charge < -0.3 is 159 Å². The molecule has 0 aliphatic carbocycles. The highest BCUT2D eigenvalue weighted by Gasteiger charge is 2.45. The van der Waals surface area contributed by atoms with Crippen LogP contribution in [-0.4, -0.2) is 360 Å². The molecule has 22 atom stereocenters. The normalized spacial score (nSPS) is 19.0. The molecule has 3 aliphatic rings. The van der Waals surface area contributed by atoms with Crippen LogP contribution in [0.2, 0.25) is 0 Å². The lowest BCUT2D eigenvalue weighted by atomic mass is 10.0. The first-order valence-electron chi connectivity index (χ1n) is 43.7. The van der Waals surface area contributed by atoms with Crippen molar-refractivity contribution in [3.05, 3.63) is 0 Å². The van der Waals surface area contributed by atoms with Gasteiger partial charge >= 0.3 is 5.97 Å². The Bertz CT molecular complexity index is 4170. The highest BCUT2D eigenvalue weighted by molar-refractivity contribution is 6.03. The number of carbonyl (C=O) groups excluding carboxylic acids is 22. The van der Waals surface area contributed by atoms with E-state index in [1.165, 1.54) is 41.5 Å². The highest BCUT2D eigenvalue weighted by Crippen LogP contribution is 2.24. The fraction of sp³-hybridized carbons (Fsp3) is 0.713. The summed E-state index contributed by atoms with van der Waals surface area (Å²) < 4.78 is 0. The Morgan fingerprint density at radius 1 is 0.361 bits per heavy atom. The maximum absolute atomic E-state index is 14.4. The summed E-state index contributed by atoms with van der Waals surface area (Å²) in [6.07, 6.45) is -7.29. The molecule has 748 valence electrons. The third-order valence-electron chi connectivity index (χ3n) is 21.7. The fourth-order valence-electron chi connectivity index (χ4n) is 14.2. The molecule has 0 radical (unpaired) electrons. The van der Waals surface area contributed by atoms with Crippen molar-refractivity contribution in [1.29, 1.82) is 0 Å². The second-order valence-corrected chi connectivity index (χ2v) is 33.9. The summed E-state index contributed by atoms with van der Waals surface area (Å²) in [5.41, 5.74) is 27.4. The lowest BCUT2D eigenvalue weighted by Crippen LogP contribution is -2.61. The van der Waals surface area contributed by atoms with Crippen LogP contribution in [0.15, 0.2) is 0 Å². The lowest BCUT2D eigenvalue weighted by Gasteiger charge is -2.31. The molecule has 53 nitrogen and oxygen atoms in total. The Balaban J connectivity index is 1.62. The highest BCUT2D eigenvalue weighted by atomic mass is 16.4. The van der Waals surface area contributed by atoms with E-state index < -0.39 is 320 Å². The van der Waals surface area contributed by atoms with Crippen LogP contribution in [0.25, 0.3) is 0 Å². The maximum atomic E-state index is 14.4. The number of primary amides is 3. The van der Waals surface area contributed by atoms with E-state index >= 15 is 0 Å². The first-order chi connectivity index (χ1) is 62.1. The molecule has 3 fully saturated rings. The molecule has 3 aliphatic heterocycles. The molecule has 133 heavy (non-hydrogen) atoms. The van der Waals surface area contributed by atoms with Gasteiger partial charge in [-0.25, -0.2) is 4.79 Å². The van der Waals surface area contributed by atoms with Crippen molar-refractivity contribution in [3.63, 3.8) is 0 Å². The van der Waals surface area contributed by atoms with Gasteiger partial charge in [-0.1, -0.05) is 27.7 Å². The Morgan fingerprint density at radius 2 is 0.759 bits per heavy atom. The zero-order chi connectivity index (χ0) is 101. The van der Waals surface area contributed by atoms with E-state index in [-0.39, 0.29) is 77.0 Å². The van der Waals surface area contributed by atoms with Crippen LogP contribution in [0.4, 0.5) is 0 Å². The van der Waals surface area contributed by atoms with Crippen LogP contribution in [-0.2, 0) is 110 Å². The van der Waals surface area contributed by atoms with Gasteiger partial charge in [0.2, 0.25) is 130 Å². The minimum absolute atomic E-state index is 0.00825. The number of aliphatic hydroxyl groups is 5. The second kappa shape index (κ2) is 55.1. The van der Waals surface area contributed by atoms with E-state index in [0.717, 1.165) is 42.4 Å². The van der Waals surface area contributed by atoms with Crippen molar-refractivity contribution in [3.8, 4) is 0 Å². The minimum atomic E-state index is -1.86. The molecule has 3 rings (SSSR count). The number of hydrogen-bond donors (Lipinski definition) is 27. The number of carboxylic acids is 1. The van der Waals surface area contributed by atoms with Crippen LogP contribution in [0.1, 0.15) is 173 Å². The van der Waals surface area contributed by atoms with E-state index in [0.29, 0.717) is 19.3 Å². The number of unbranched alkanes of at least 4 members (excludes halogenated alkanes) is 1. The SMILES string of the molecule is CC(C)C[C@H](NC(=O)[C@H](CC(N)=O)NC(=O)[C@@H](N)[C@@H](C)O)C(=O)NCC(=O)N[C@H](C(=O)N[C@H](C(=O)N[C@@H](CC(N)=O)C(=O)N[C@@H](C)C(=O)N[C@@H](C)C(=O)N[C@@H](C)C(=O)N1CCC[C@H]1C(=O)N[C@@H](C)C(=O)N[C@@H](CCC(N)=O)C(=O)N1CCC[C@H]1C(=O)N[C@@H](CO)C(=O)N[C@H](C(=O)NCC(=O)N1CCC[C@H]1C(=O)N[C@@H](CCCCN)C(=O)N[C@H](C(=O)O)[C@@H](C)O)[C@@H](C)O)C(C)C)[C@@H](C)O. The summed E-state index contributed by atoms with van der Waals surface area (Å²) in [7, 11) is 0. The number of carbonyl (C=O) groups is 23. The van der Waals surface area contributed by atoms with Crippen molar-refractivity contribution in [2.45, 2.75) is 306 Å². The molecule has 0 aromatic rings. The predicted molar refractivity (Wildman–Crippen MR) is 463 cm³/mol. The standard InChI is InChI=1S/C80H134N24O29/c1-34(2)28-46(94-69(121)48(30-55(84)112)95-74(126)58(85)40(9)106)66(118)86-31-56(113)98-61(42(11)108)77(129)99-59(35(3)4)76(128)96-47(29-54(83)111)68(120)89-37(6)63(115)88-36(5)64(116)91-39(8)78(130)103-26-16-20-51(103)71(123)90-38(7)65(117)93-45(22-23-53(82)110)79(131)104-27-17-21-52(104)73(125)97-49(33-105)70(122)100-60(41(10)107)75(127)87-32-57(114)102-25-15-19-50(102)72(124)92-44(18-13-14-24-81)67(119)101-62(43(12)109)80(132)133/h34-52,58-62,105-109H,13-33,81,85H2,1-12H3,(H2,82,110)(H2,83,111)(H2,84,112)(H,86,118)(H,87,127)(H,88,115)(H,89,120)(H,90,123)(H,91,116)(H,92,124)(H,93,117)(H,94,121)(H,95,126)(H,96,128)(H,97,125)(H,98,113)(H,99,129)(H,100,122)(H,101,119)(H,132,133)/t36-,37-,38-,39-,40+,41+,42+,43+,44-,45-,46-,47-,48-,49-,50-,51-,52-,58-,59-,60-,61-,62-/m0/s1. The molecule has 0 unspecified atom stereocenters. The molecule has 0 spiro atoms. The Labute approximate surface area is 766 Å². The molecule has 0 aromatic carbocycles. The van der Waals surface area contributed by atoms with Gasteiger partial charge in [0.1, 0.15) is 103 Å². The van der Waals surface area contributed by atoms with Gasteiger partial charge in [0, 0.05) is 26.1 Å². The van der Waals surface area contributed by atoms with Crippen molar-refractivity contribution >= 4 is 136 Å². The zero-order valence-electron chi connectivity index (χ0n) is 76.5. The van der Waals surface area contributed by atoms with Crippen LogP contribution in [0, 0.1) is 11.8 Å². The van der Waals surface area contributed by atoms with Gasteiger partial charge in [-0.2, -0.15) is 0 Å². The third-order valence-corrected chi connectivity index (χ3v) is 21.7. The number of rotatable bonds is 55. The van der Waals surface area contributed by atoms with E-state index in [1.54, 1.807) is 13.8 Å². The number of aliphatic hydroxyl groups excluding tert-OH is 5. The zero-order valence-corrected chi connectivity index (χ0v) is 76.5. The molecule has 32 N–H and O–H groups in total. The van der Waals surface area contributed by atoms with Gasteiger partial charge in [0.05, 0.1) is 57.0 Å². The first-order valence-corrected chi connectivity index (χ1v) is 43.7. The Hall–Kier alpha value is -12.5. The number of aliphatic carboxylic acids is 1. The number of hydrogen-bond acceptors (Lipinski definition) is 30. The summed E-state index contributed by atoms with van der Waals surface area (Å²) in [6, 6.07) is -27.8. The lowest BCUT2D eigenvalue weighted by molar-refractivity contribution is -0.145. The van der Waals surface area contributed by atoms with Crippen LogP contribution < -0.4 is 114 Å². The first kappa shape index (κ1) is 115. The molecule has 3 heterocycles. The van der Waals surface area contributed by atoms with Crippen molar-refractivity contribution in [1.82, 2.24) is 99.8 Å². The second-order valence-electron chi connectivity index (χ2n) is 33.9. The summed E-state index contributed by atoms with van der Waals surface area (Å²) in [4.78, 5) is 310. The number of nitrogens with zero attached hydrogens (tertiary/aromatic N) is 3. The largest absolute Gasteiger partial charge is 0.480 e. The number of nitrogens with one attached hydrogen (secondary N) is 16. The van der Waals surface area contributed by atoms with Gasteiger partial charge in [0.25, 0.3) is 0 Å². The average Bonchev–Trinajstić information content (AvgIpc) is 1.67. The summed E-state index contributed by atoms with van der Waals surface area (Å²) in [5.74, 6) is -24.8. The van der Waals surface area contributed by atoms with Gasteiger partial charge in [-0.05, 0) is 144 Å². The van der Waals surface area contributed by atoms with E-state index in [4.69, 9.17) is 28.7 Å². The summed E-state index contributed by atoms with van der Waals surface area (Å²) >= 11 is 0. The molecule has 0 aromatic heterocycles.